The highest BCUT2D eigenvalue weighted by Crippen LogP contribution is 2.36. The summed E-state index contributed by atoms with van der Waals surface area (Å²) in [5, 5.41) is 6.78. The summed E-state index contributed by atoms with van der Waals surface area (Å²) in [6.07, 6.45) is 2.29. The molecule has 5 nitrogen and oxygen atoms in total. The van der Waals surface area contributed by atoms with Crippen LogP contribution in [0.2, 0.25) is 0 Å². The van der Waals surface area contributed by atoms with Gasteiger partial charge in [-0.3, -0.25) is 5.01 Å². The highest BCUT2D eigenvalue weighted by molar-refractivity contribution is 6.02. The van der Waals surface area contributed by atoms with Crippen LogP contribution in [0.4, 0.5) is 5.69 Å². The van der Waals surface area contributed by atoms with Gasteiger partial charge in [-0.1, -0.05) is 42.5 Å². The maximum absolute atomic E-state index is 11.9. The van der Waals surface area contributed by atoms with Crippen LogP contribution in [0.15, 0.2) is 71.5 Å². The van der Waals surface area contributed by atoms with E-state index in [9.17, 15) is 4.79 Å². The van der Waals surface area contributed by atoms with Gasteiger partial charge in [0.15, 0.2) is 0 Å². The van der Waals surface area contributed by atoms with Crippen LogP contribution in [-0.2, 0) is 9.53 Å². The fraction of sp³-hybridized carbons (Fsp3) is 0.304. The van der Waals surface area contributed by atoms with Crippen LogP contribution in [-0.4, -0.2) is 37.4 Å². The fourth-order valence-electron chi connectivity index (χ4n) is 3.32. The van der Waals surface area contributed by atoms with Crippen LogP contribution < -0.4 is 4.90 Å². The Morgan fingerprint density at radius 3 is 2.46 bits per heavy atom. The van der Waals surface area contributed by atoms with E-state index >= 15 is 0 Å². The Balaban J connectivity index is 1.94. The summed E-state index contributed by atoms with van der Waals surface area (Å²) in [5.41, 5.74) is 5.20. The molecule has 0 bridgehead atoms. The first-order valence-electron chi connectivity index (χ1n) is 9.54. The Bertz CT molecular complexity index is 870. The third-order valence-electron chi connectivity index (χ3n) is 4.79. The van der Waals surface area contributed by atoms with E-state index in [-0.39, 0.29) is 12.0 Å². The van der Waals surface area contributed by atoms with E-state index in [4.69, 9.17) is 9.84 Å². The number of hydrogen-bond acceptors (Lipinski definition) is 5. The normalized spacial score (nSPS) is 16.7. The molecule has 3 rings (SSSR count). The van der Waals surface area contributed by atoms with Crippen molar-refractivity contribution < 1.29 is 9.53 Å². The molecule has 28 heavy (non-hydrogen) atoms. The molecule has 1 aliphatic heterocycles. The third-order valence-corrected chi connectivity index (χ3v) is 4.79. The minimum Gasteiger partial charge on any atom is -0.463 e. The van der Waals surface area contributed by atoms with Gasteiger partial charge in [0, 0.05) is 38.0 Å². The summed E-state index contributed by atoms with van der Waals surface area (Å²) in [6.45, 7) is 4.06. The SMILES string of the molecule is CCOC(=O)C=C(C)N1N=C(c2ccccc2)CC1c1ccc(N(C)C)cc1. The first-order chi connectivity index (χ1) is 13.5. The third kappa shape index (κ3) is 4.42. The van der Waals surface area contributed by atoms with Crippen LogP contribution in [0.5, 0.6) is 0 Å². The number of carbonyl (C=O) groups is 1. The maximum Gasteiger partial charge on any atom is 0.332 e. The summed E-state index contributed by atoms with van der Waals surface area (Å²) in [6, 6.07) is 18.7. The van der Waals surface area contributed by atoms with Crippen molar-refractivity contribution in [3.05, 3.63) is 77.5 Å². The van der Waals surface area contributed by atoms with Crippen LogP contribution in [0.1, 0.15) is 37.4 Å². The molecular formula is C23H27N3O2. The summed E-state index contributed by atoms with van der Waals surface area (Å²) >= 11 is 0. The molecule has 1 heterocycles. The van der Waals surface area contributed by atoms with Crippen molar-refractivity contribution in [3.8, 4) is 0 Å². The van der Waals surface area contributed by atoms with E-state index in [1.807, 2.05) is 44.2 Å². The van der Waals surface area contributed by atoms with Gasteiger partial charge in [0.2, 0.25) is 0 Å². The van der Waals surface area contributed by atoms with Crippen molar-refractivity contribution in [1.82, 2.24) is 5.01 Å². The average molecular weight is 377 g/mol. The number of anilines is 1. The average Bonchev–Trinajstić information content (AvgIpc) is 3.14. The van der Waals surface area contributed by atoms with Crippen LogP contribution in [0.25, 0.3) is 0 Å². The molecule has 2 aromatic carbocycles. The first kappa shape index (κ1) is 19.7. The van der Waals surface area contributed by atoms with Gasteiger partial charge in [-0.05, 0) is 37.1 Å². The van der Waals surface area contributed by atoms with Gasteiger partial charge in [0.25, 0.3) is 0 Å². The van der Waals surface area contributed by atoms with Gasteiger partial charge in [-0.2, -0.15) is 5.10 Å². The molecular weight excluding hydrogens is 350 g/mol. The number of carbonyl (C=O) groups excluding carboxylic acids is 1. The lowest BCUT2D eigenvalue weighted by atomic mass is 9.98. The summed E-state index contributed by atoms with van der Waals surface area (Å²) < 4.78 is 5.07. The molecule has 0 spiro atoms. The molecule has 0 N–H and O–H groups in total. The predicted molar refractivity (Wildman–Crippen MR) is 113 cm³/mol. The van der Waals surface area contributed by atoms with E-state index in [1.54, 1.807) is 6.92 Å². The van der Waals surface area contributed by atoms with Crippen molar-refractivity contribution >= 4 is 17.4 Å². The monoisotopic (exact) mass is 377 g/mol. The molecule has 0 saturated carbocycles. The summed E-state index contributed by atoms with van der Waals surface area (Å²) in [5.74, 6) is -0.343. The molecule has 146 valence electrons. The smallest absolute Gasteiger partial charge is 0.332 e. The number of hydrogen-bond donors (Lipinski definition) is 0. The number of nitrogens with zero attached hydrogens (tertiary/aromatic N) is 3. The second-order valence-corrected chi connectivity index (χ2v) is 7.00. The Kier molecular flexibility index (Phi) is 6.14. The van der Waals surface area contributed by atoms with E-state index < -0.39 is 0 Å². The summed E-state index contributed by atoms with van der Waals surface area (Å²) in [7, 11) is 4.06. The number of rotatable bonds is 6. The number of ether oxygens (including phenoxy) is 1. The number of allylic oxidation sites excluding steroid dienone is 1. The largest absolute Gasteiger partial charge is 0.463 e. The molecule has 0 radical (unpaired) electrons. The lowest BCUT2D eigenvalue weighted by Gasteiger charge is -2.25. The first-order valence-corrected chi connectivity index (χ1v) is 9.54. The van der Waals surface area contributed by atoms with Gasteiger partial charge in [0.1, 0.15) is 0 Å². The van der Waals surface area contributed by atoms with Crippen molar-refractivity contribution in [1.29, 1.82) is 0 Å². The molecule has 0 fully saturated rings. The molecule has 1 unspecified atom stereocenters. The van der Waals surface area contributed by atoms with Gasteiger partial charge >= 0.3 is 5.97 Å². The Morgan fingerprint density at radius 1 is 1.18 bits per heavy atom. The molecule has 5 heteroatoms. The molecule has 0 saturated heterocycles. The molecule has 1 aliphatic rings. The van der Waals surface area contributed by atoms with Crippen LogP contribution >= 0.6 is 0 Å². The summed E-state index contributed by atoms with van der Waals surface area (Å²) in [4.78, 5) is 14.0. The molecule has 0 aromatic heterocycles. The lowest BCUT2D eigenvalue weighted by molar-refractivity contribution is -0.137. The predicted octanol–water partition coefficient (Wildman–Crippen LogP) is 4.37. The maximum atomic E-state index is 11.9. The van der Waals surface area contributed by atoms with Crippen molar-refractivity contribution in [3.63, 3.8) is 0 Å². The topological polar surface area (TPSA) is 45.1 Å². The second-order valence-electron chi connectivity index (χ2n) is 7.00. The van der Waals surface area contributed by atoms with E-state index in [2.05, 4.69) is 41.3 Å². The zero-order chi connectivity index (χ0) is 20.1. The minimum atomic E-state index is -0.343. The van der Waals surface area contributed by atoms with E-state index in [0.717, 1.165) is 34.6 Å². The highest BCUT2D eigenvalue weighted by atomic mass is 16.5. The van der Waals surface area contributed by atoms with Gasteiger partial charge < -0.3 is 9.64 Å². The Hall–Kier alpha value is -3.08. The van der Waals surface area contributed by atoms with Gasteiger partial charge in [0.05, 0.1) is 18.4 Å². The van der Waals surface area contributed by atoms with Crippen LogP contribution in [0, 0.1) is 0 Å². The lowest BCUT2D eigenvalue weighted by Crippen LogP contribution is -2.19. The number of hydrazone groups is 1. The highest BCUT2D eigenvalue weighted by Gasteiger charge is 2.30. The molecule has 0 aliphatic carbocycles. The van der Waals surface area contributed by atoms with Crippen molar-refractivity contribution in [2.45, 2.75) is 26.3 Å². The van der Waals surface area contributed by atoms with Crippen molar-refractivity contribution in [2.24, 2.45) is 5.10 Å². The van der Waals surface area contributed by atoms with Gasteiger partial charge in [-0.15, -0.1) is 0 Å². The molecule has 1 atom stereocenters. The molecule has 0 amide bonds. The quantitative estimate of drug-likeness (QED) is 0.554. The number of benzene rings is 2. The Morgan fingerprint density at radius 2 is 1.86 bits per heavy atom. The number of esters is 1. The molecule has 2 aromatic rings. The minimum absolute atomic E-state index is 0.0390. The zero-order valence-corrected chi connectivity index (χ0v) is 16.9. The second kappa shape index (κ2) is 8.74. The standard InChI is InChI=1S/C23H27N3O2/c1-5-28-23(27)15-17(2)26-22(19-11-13-20(14-12-19)25(3)4)16-21(24-26)18-9-7-6-8-10-18/h6-15,22H,5,16H2,1-4H3. The Labute approximate surface area is 166 Å². The van der Waals surface area contributed by atoms with Crippen LogP contribution in [0.3, 0.4) is 0 Å². The van der Waals surface area contributed by atoms with Gasteiger partial charge in [-0.25, -0.2) is 4.79 Å². The van der Waals surface area contributed by atoms with E-state index in [0.29, 0.717) is 6.61 Å². The fourth-order valence-corrected chi connectivity index (χ4v) is 3.32. The van der Waals surface area contributed by atoms with Crippen molar-refractivity contribution in [2.75, 3.05) is 25.6 Å². The zero-order valence-electron chi connectivity index (χ0n) is 16.9. The van der Waals surface area contributed by atoms with E-state index in [1.165, 1.54) is 6.08 Å².